The van der Waals surface area contributed by atoms with Crippen LogP contribution < -0.4 is 0 Å². The predicted molar refractivity (Wildman–Crippen MR) is 48.8 cm³/mol. The molecule has 66 valence electrons. The molecular formula is C8H16O2S. The zero-order chi connectivity index (χ0) is 8.91. The van der Waals surface area contributed by atoms with E-state index in [4.69, 9.17) is 4.74 Å². The van der Waals surface area contributed by atoms with Gasteiger partial charge < -0.3 is 4.74 Å². The average molecular weight is 176 g/mol. The van der Waals surface area contributed by atoms with Crippen molar-refractivity contribution in [2.24, 2.45) is 0 Å². The Bertz CT molecular complexity index is 127. The summed E-state index contributed by atoms with van der Waals surface area (Å²) in [5.41, 5.74) is -0.342. The number of rotatable bonds is 3. The highest BCUT2D eigenvalue weighted by molar-refractivity contribution is 7.99. The highest BCUT2D eigenvalue weighted by Crippen LogP contribution is 2.09. The molecule has 0 amide bonds. The summed E-state index contributed by atoms with van der Waals surface area (Å²) in [7, 11) is 0. The summed E-state index contributed by atoms with van der Waals surface area (Å²) in [4.78, 5) is 11.0. The summed E-state index contributed by atoms with van der Waals surface area (Å²) >= 11 is 1.58. The minimum atomic E-state index is -0.342. The Morgan fingerprint density at radius 1 is 1.45 bits per heavy atom. The van der Waals surface area contributed by atoms with Crippen molar-refractivity contribution in [1.29, 1.82) is 0 Å². The van der Waals surface area contributed by atoms with Crippen LogP contribution in [0.15, 0.2) is 0 Å². The Labute approximate surface area is 72.7 Å². The van der Waals surface area contributed by atoms with Crippen LogP contribution in [-0.2, 0) is 9.53 Å². The van der Waals surface area contributed by atoms with Crippen LogP contribution in [0.3, 0.4) is 0 Å². The van der Waals surface area contributed by atoms with Gasteiger partial charge in [-0.05, 0) is 26.5 Å². The lowest BCUT2D eigenvalue weighted by molar-refractivity contribution is -0.151. The Morgan fingerprint density at radius 3 is 2.36 bits per heavy atom. The van der Waals surface area contributed by atoms with Crippen molar-refractivity contribution in [1.82, 2.24) is 0 Å². The molecule has 0 aromatic carbocycles. The lowest BCUT2D eigenvalue weighted by Crippen LogP contribution is -2.24. The maximum absolute atomic E-state index is 11.0. The quantitative estimate of drug-likeness (QED) is 0.616. The van der Waals surface area contributed by atoms with Crippen LogP contribution >= 0.6 is 11.8 Å². The van der Waals surface area contributed by atoms with Gasteiger partial charge in [-0.25, -0.2) is 0 Å². The summed E-state index contributed by atoms with van der Waals surface area (Å²) in [6.45, 7) is 7.65. The van der Waals surface area contributed by atoms with Crippen LogP contribution in [0.4, 0.5) is 0 Å². The van der Waals surface area contributed by atoms with Gasteiger partial charge in [0.25, 0.3) is 0 Å². The molecule has 11 heavy (non-hydrogen) atoms. The van der Waals surface area contributed by atoms with Gasteiger partial charge in [-0.15, -0.1) is 0 Å². The Morgan fingerprint density at radius 2 is 2.00 bits per heavy atom. The van der Waals surface area contributed by atoms with Gasteiger partial charge in [0.05, 0.1) is 5.75 Å². The van der Waals surface area contributed by atoms with E-state index in [1.807, 2.05) is 27.7 Å². The Hall–Kier alpha value is -0.180. The standard InChI is InChI=1S/C8H16O2S/c1-5-11-6-7(9)10-8(2,3)4/h5-6H2,1-4H3. The molecule has 0 aliphatic heterocycles. The Balaban J connectivity index is 3.53. The molecule has 0 fully saturated rings. The Kier molecular flexibility index (Phi) is 4.57. The van der Waals surface area contributed by atoms with E-state index in [0.717, 1.165) is 5.75 Å². The fourth-order valence-electron chi connectivity index (χ4n) is 0.556. The fourth-order valence-corrected chi connectivity index (χ4v) is 0.986. The van der Waals surface area contributed by atoms with Crippen molar-refractivity contribution in [3.63, 3.8) is 0 Å². The van der Waals surface area contributed by atoms with Gasteiger partial charge in [0.2, 0.25) is 0 Å². The molecule has 0 N–H and O–H groups in total. The van der Waals surface area contributed by atoms with Crippen LogP contribution in [0.2, 0.25) is 0 Å². The number of hydrogen-bond donors (Lipinski definition) is 0. The molecular weight excluding hydrogens is 160 g/mol. The van der Waals surface area contributed by atoms with Gasteiger partial charge >= 0.3 is 5.97 Å². The number of ether oxygens (including phenoxy) is 1. The number of carbonyl (C=O) groups is 1. The highest BCUT2D eigenvalue weighted by Gasteiger charge is 2.15. The molecule has 0 bridgehead atoms. The molecule has 0 unspecified atom stereocenters. The highest BCUT2D eigenvalue weighted by atomic mass is 32.2. The van der Waals surface area contributed by atoms with Gasteiger partial charge in [0.1, 0.15) is 5.60 Å². The molecule has 0 aliphatic carbocycles. The first-order valence-corrected chi connectivity index (χ1v) is 4.91. The second kappa shape index (κ2) is 4.65. The minimum Gasteiger partial charge on any atom is -0.459 e. The summed E-state index contributed by atoms with van der Waals surface area (Å²) in [5, 5.41) is 0. The van der Waals surface area contributed by atoms with Crippen molar-refractivity contribution in [2.75, 3.05) is 11.5 Å². The largest absolute Gasteiger partial charge is 0.459 e. The van der Waals surface area contributed by atoms with Crippen molar-refractivity contribution in [3.8, 4) is 0 Å². The van der Waals surface area contributed by atoms with E-state index < -0.39 is 0 Å². The molecule has 0 saturated carbocycles. The summed E-state index contributed by atoms with van der Waals surface area (Å²) in [6, 6.07) is 0. The second-order valence-electron chi connectivity index (χ2n) is 3.22. The van der Waals surface area contributed by atoms with E-state index in [2.05, 4.69) is 0 Å². The topological polar surface area (TPSA) is 26.3 Å². The molecule has 0 atom stereocenters. The molecule has 2 nitrogen and oxygen atoms in total. The van der Waals surface area contributed by atoms with Crippen LogP contribution in [0.25, 0.3) is 0 Å². The molecule has 0 radical (unpaired) electrons. The second-order valence-corrected chi connectivity index (χ2v) is 4.50. The van der Waals surface area contributed by atoms with Gasteiger partial charge in [-0.1, -0.05) is 6.92 Å². The molecule has 0 aromatic rings. The van der Waals surface area contributed by atoms with E-state index in [-0.39, 0.29) is 11.6 Å². The number of thioether (sulfide) groups is 1. The number of hydrogen-bond acceptors (Lipinski definition) is 3. The van der Waals surface area contributed by atoms with E-state index in [1.165, 1.54) is 0 Å². The first kappa shape index (κ1) is 10.8. The minimum absolute atomic E-state index is 0.121. The molecule has 3 heteroatoms. The molecule has 0 spiro atoms. The predicted octanol–water partition coefficient (Wildman–Crippen LogP) is 2.08. The van der Waals surface area contributed by atoms with E-state index in [0.29, 0.717) is 5.75 Å². The summed E-state index contributed by atoms with van der Waals surface area (Å²) in [6.07, 6.45) is 0. The summed E-state index contributed by atoms with van der Waals surface area (Å²) < 4.78 is 5.08. The van der Waals surface area contributed by atoms with E-state index >= 15 is 0 Å². The van der Waals surface area contributed by atoms with Crippen molar-refractivity contribution < 1.29 is 9.53 Å². The SMILES string of the molecule is CCSCC(=O)OC(C)(C)C. The third-order valence-electron chi connectivity index (χ3n) is 0.844. The fraction of sp³-hybridized carbons (Fsp3) is 0.875. The van der Waals surface area contributed by atoms with Crippen LogP contribution in [-0.4, -0.2) is 23.1 Å². The maximum atomic E-state index is 11.0. The van der Waals surface area contributed by atoms with Crippen molar-refractivity contribution >= 4 is 17.7 Å². The number of carbonyl (C=O) groups excluding carboxylic acids is 1. The maximum Gasteiger partial charge on any atom is 0.316 e. The third-order valence-corrected chi connectivity index (χ3v) is 1.69. The van der Waals surface area contributed by atoms with Gasteiger partial charge in [-0.3, -0.25) is 4.79 Å². The van der Waals surface area contributed by atoms with Crippen LogP contribution in [0, 0.1) is 0 Å². The van der Waals surface area contributed by atoms with Crippen LogP contribution in [0.5, 0.6) is 0 Å². The number of esters is 1. The summed E-state index contributed by atoms with van der Waals surface area (Å²) in [5.74, 6) is 1.30. The van der Waals surface area contributed by atoms with E-state index in [1.54, 1.807) is 11.8 Å². The monoisotopic (exact) mass is 176 g/mol. The lowest BCUT2D eigenvalue weighted by atomic mass is 10.2. The van der Waals surface area contributed by atoms with Gasteiger partial charge in [0.15, 0.2) is 0 Å². The van der Waals surface area contributed by atoms with Crippen LogP contribution in [0.1, 0.15) is 27.7 Å². The van der Waals surface area contributed by atoms with Gasteiger partial charge in [-0.2, -0.15) is 11.8 Å². The lowest BCUT2D eigenvalue weighted by Gasteiger charge is -2.19. The smallest absolute Gasteiger partial charge is 0.316 e. The average Bonchev–Trinajstić information content (AvgIpc) is 1.79. The molecule has 0 heterocycles. The van der Waals surface area contributed by atoms with Crippen molar-refractivity contribution in [3.05, 3.63) is 0 Å². The zero-order valence-corrected chi connectivity index (χ0v) is 8.46. The first-order valence-electron chi connectivity index (χ1n) is 3.75. The molecule has 0 saturated heterocycles. The van der Waals surface area contributed by atoms with Gasteiger partial charge in [0, 0.05) is 0 Å². The first-order chi connectivity index (χ1) is 4.95. The third kappa shape index (κ3) is 7.72. The zero-order valence-electron chi connectivity index (χ0n) is 7.64. The normalized spacial score (nSPS) is 11.3. The molecule has 0 aromatic heterocycles. The van der Waals surface area contributed by atoms with E-state index in [9.17, 15) is 4.79 Å². The molecule has 0 aliphatic rings. The molecule has 0 rings (SSSR count). The van der Waals surface area contributed by atoms with Crippen molar-refractivity contribution in [2.45, 2.75) is 33.3 Å².